The van der Waals surface area contributed by atoms with E-state index in [0.29, 0.717) is 24.2 Å². The summed E-state index contributed by atoms with van der Waals surface area (Å²) in [7, 11) is 1.24. The van der Waals surface area contributed by atoms with Crippen molar-refractivity contribution in [3.05, 3.63) is 111 Å². The Bertz CT molecular complexity index is 1780. The zero-order chi connectivity index (χ0) is 28.4. The Kier molecular flexibility index (Phi) is 7.29. The molecule has 0 saturated carbocycles. The molecule has 0 amide bonds. The van der Waals surface area contributed by atoms with E-state index in [-0.39, 0.29) is 34.8 Å². The van der Waals surface area contributed by atoms with Crippen LogP contribution in [0.5, 0.6) is 5.75 Å². The van der Waals surface area contributed by atoms with E-state index in [1.165, 1.54) is 19.2 Å². The molecule has 3 N–H and O–H groups in total. The quantitative estimate of drug-likeness (QED) is 0.218. The fourth-order valence-corrected chi connectivity index (χ4v) is 5.11. The number of hydrogen-bond acceptors (Lipinski definition) is 6. The molecule has 0 spiro atoms. The first-order valence-electron chi connectivity index (χ1n) is 12.8. The summed E-state index contributed by atoms with van der Waals surface area (Å²) in [4.78, 5) is 41.3. The summed E-state index contributed by atoms with van der Waals surface area (Å²) in [5.74, 6) is -2.46. The van der Waals surface area contributed by atoms with Crippen LogP contribution in [0.25, 0.3) is 22.2 Å². The second-order valence-corrected chi connectivity index (χ2v) is 9.54. The minimum absolute atomic E-state index is 0.00217. The Morgan fingerprint density at radius 3 is 2.60 bits per heavy atom. The number of fused-ring (bicyclic) bond motifs is 1. The predicted octanol–water partition coefficient (Wildman–Crippen LogP) is 5.24. The van der Waals surface area contributed by atoms with Crippen LogP contribution < -0.4 is 5.56 Å². The van der Waals surface area contributed by atoms with Gasteiger partial charge < -0.3 is 28.9 Å². The summed E-state index contributed by atoms with van der Waals surface area (Å²) in [5.41, 5.74) is 2.57. The molecular formula is C31H28N2O7. The summed E-state index contributed by atoms with van der Waals surface area (Å²) in [6, 6.07) is 18.9. The van der Waals surface area contributed by atoms with E-state index in [9.17, 15) is 24.6 Å². The van der Waals surface area contributed by atoms with Crippen molar-refractivity contribution in [3.8, 4) is 17.1 Å². The van der Waals surface area contributed by atoms with E-state index in [0.717, 1.165) is 16.5 Å². The number of rotatable bonds is 9. The van der Waals surface area contributed by atoms with Gasteiger partial charge in [0.1, 0.15) is 17.3 Å². The smallest absolute Gasteiger partial charge is 0.336 e. The number of carbonyl (C=O) groups excluding carboxylic acids is 1. The molecule has 40 heavy (non-hydrogen) atoms. The number of pyridine rings is 1. The maximum absolute atomic E-state index is 13.9. The van der Waals surface area contributed by atoms with Crippen LogP contribution in [0.2, 0.25) is 0 Å². The molecule has 0 bridgehead atoms. The molecule has 9 nitrogen and oxygen atoms in total. The van der Waals surface area contributed by atoms with Crippen LogP contribution in [0.4, 0.5) is 0 Å². The minimum Gasteiger partial charge on any atom is -0.507 e. The van der Waals surface area contributed by atoms with Gasteiger partial charge in [0.2, 0.25) is 0 Å². The standard InChI is InChI=1S/C31H28N2O7/c1-18-15-25(34)29(30(36)33(18)14-13-19-17-32-24-10-6-5-7-20(19)24)23(16-28(35)39-2)27-12-11-26(40-27)21-8-3-4-9-22(21)31(37)38/h3-12,15,17,23,32,34H,13-14,16H2,1-2H3,(H,37,38)/t23-/m1/s1. The maximum Gasteiger partial charge on any atom is 0.336 e. The van der Waals surface area contributed by atoms with E-state index < -0.39 is 23.4 Å². The number of aromatic hydroxyl groups is 1. The van der Waals surface area contributed by atoms with Gasteiger partial charge in [-0.25, -0.2) is 4.79 Å². The van der Waals surface area contributed by atoms with Crippen molar-refractivity contribution >= 4 is 22.8 Å². The van der Waals surface area contributed by atoms with E-state index in [2.05, 4.69) is 4.98 Å². The van der Waals surface area contributed by atoms with Crippen molar-refractivity contribution in [2.75, 3.05) is 7.11 Å². The van der Waals surface area contributed by atoms with Crippen LogP contribution in [0.15, 0.2) is 82.1 Å². The normalized spacial score (nSPS) is 11.9. The zero-order valence-electron chi connectivity index (χ0n) is 22.0. The highest BCUT2D eigenvalue weighted by Crippen LogP contribution is 2.36. The van der Waals surface area contributed by atoms with Gasteiger partial charge in [-0.2, -0.15) is 0 Å². The molecule has 0 aliphatic carbocycles. The van der Waals surface area contributed by atoms with Crippen molar-refractivity contribution in [1.29, 1.82) is 0 Å². The Hall–Kier alpha value is -5.05. The number of aryl methyl sites for hydroxylation is 2. The lowest BCUT2D eigenvalue weighted by atomic mass is 9.93. The van der Waals surface area contributed by atoms with Gasteiger partial charge in [0.15, 0.2) is 0 Å². The number of methoxy groups -OCH3 is 1. The van der Waals surface area contributed by atoms with Gasteiger partial charge in [-0.3, -0.25) is 9.59 Å². The molecule has 5 aromatic rings. The van der Waals surface area contributed by atoms with Crippen molar-refractivity contribution in [1.82, 2.24) is 9.55 Å². The summed E-state index contributed by atoms with van der Waals surface area (Å²) >= 11 is 0. The topological polar surface area (TPSA) is 135 Å². The van der Waals surface area contributed by atoms with Gasteiger partial charge in [-0.05, 0) is 49.2 Å². The molecule has 0 radical (unpaired) electrons. The van der Waals surface area contributed by atoms with Crippen molar-refractivity contribution in [2.45, 2.75) is 32.2 Å². The number of aromatic nitrogens is 2. The number of H-pyrrole nitrogens is 1. The molecule has 0 saturated heterocycles. The Balaban J connectivity index is 1.55. The van der Waals surface area contributed by atoms with Crippen molar-refractivity contribution in [3.63, 3.8) is 0 Å². The van der Waals surface area contributed by atoms with Crippen LogP contribution in [0.3, 0.4) is 0 Å². The number of nitrogens with one attached hydrogen (secondary N) is 1. The number of aromatic amines is 1. The molecule has 0 fully saturated rings. The number of carbonyl (C=O) groups is 2. The molecule has 0 unspecified atom stereocenters. The zero-order valence-corrected chi connectivity index (χ0v) is 22.0. The molecule has 2 aromatic carbocycles. The Labute approximate surface area is 229 Å². The Morgan fingerprint density at radius 1 is 1.07 bits per heavy atom. The van der Waals surface area contributed by atoms with E-state index >= 15 is 0 Å². The summed E-state index contributed by atoms with van der Waals surface area (Å²) < 4.78 is 12.5. The number of benzene rings is 2. The highest BCUT2D eigenvalue weighted by atomic mass is 16.5. The molecule has 3 aromatic heterocycles. The van der Waals surface area contributed by atoms with Crippen LogP contribution in [0.1, 0.15) is 45.3 Å². The molecule has 3 heterocycles. The van der Waals surface area contributed by atoms with Gasteiger partial charge >= 0.3 is 11.9 Å². The lowest BCUT2D eigenvalue weighted by Gasteiger charge is -2.19. The Morgan fingerprint density at radius 2 is 1.82 bits per heavy atom. The number of aromatic carboxylic acids is 1. The van der Waals surface area contributed by atoms with Gasteiger partial charge in [-0.15, -0.1) is 0 Å². The molecule has 0 aliphatic heterocycles. The third-order valence-electron chi connectivity index (χ3n) is 7.14. The number of ether oxygens (including phenoxy) is 1. The first kappa shape index (κ1) is 26.6. The molecule has 1 atom stereocenters. The first-order valence-corrected chi connectivity index (χ1v) is 12.8. The number of nitrogens with zero attached hydrogens (tertiary/aromatic N) is 1. The second kappa shape index (κ2) is 11.0. The van der Waals surface area contributed by atoms with Crippen LogP contribution in [-0.2, 0) is 22.5 Å². The number of carboxylic acids is 1. The monoisotopic (exact) mass is 540 g/mol. The third-order valence-corrected chi connectivity index (χ3v) is 7.14. The van der Waals surface area contributed by atoms with E-state index in [1.54, 1.807) is 41.8 Å². The minimum atomic E-state index is -1.12. The highest BCUT2D eigenvalue weighted by Gasteiger charge is 2.29. The average molecular weight is 541 g/mol. The molecule has 204 valence electrons. The number of carboxylic acid groups (broad SMARTS) is 1. The summed E-state index contributed by atoms with van der Waals surface area (Å²) in [6.07, 6.45) is 2.22. The SMILES string of the molecule is COC(=O)C[C@H](c1ccc(-c2ccccc2C(=O)O)o1)c1c(O)cc(C)n(CCc2c[nH]c3ccccc23)c1=O. The first-order chi connectivity index (χ1) is 19.3. The number of para-hydroxylation sites is 1. The average Bonchev–Trinajstić information content (AvgIpc) is 3.60. The number of hydrogen-bond donors (Lipinski definition) is 3. The largest absolute Gasteiger partial charge is 0.507 e. The van der Waals surface area contributed by atoms with Crippen LogP contribution in [-0.4, -0.2) is 38.8 Å². The number of furan rings is 1. The van der Waals surface area contributed by atoms with Gasteiger partial charge in [-0.1, -0.05) is 36.4 Å². The van der Waals surface area contributed by atoms with Gasteiger partial charge in [0, 0.05) is 34.9 Å². The van der Waals surface area contributed by atoms with Crippen molar-refractivity contribution in [2.24, 2.45) is 0 Å². The predicted molar refractivity (Wildman–Crippen MR) is 149 cm³/mol. The summed E-state index contributed by atoms with van der Waals surface area (Å²) in [6.45, 7) is 2.09. The maximum atomic E-state index is 13.9. The molecule has 5 rings (SSSR count). The molecule has 0 aliphatic rings. The van der Waals surface area contributed by atoms with E-state index in [4.69, 9.17) is 9.15 Å². The second-order valence-electron chi connectivity index (χ2n) is 9.54. The lowest BCUT2D eigenvalue weighted by Crippen LogP contribution is -2.29. The molecular weight excluding hydrogens is 512 g/mol. The van der Waals surface area contributed by atoms with Crippen LogP contribution >= 0.6 is 0 Å². The van der Waals surface area contributed by atoms with Gasteiger partial charge in [0.05, 0.1) is 30.6 Å². The lowest BCUT2D eigenvalue weighted by molar-refractivity contribution is -0.140. The highest BCUT2D eigenvalue weighted by molar-refractivity contribution is 5.95. The fourth-order valence-electron chi connectivity index (χ4n) is 5.11. The molecule has 9 heteroatoms. The number of esters is 1. The third kappa shape index (κ3) is 5.01. The van der Waals surface area contributed by atoms with Crippen LogP contribution in [0, 0.1) is 6.92 Å². The van der Waals surface area contributed by atoms with Crippen molar-refractivity contribution < 1.29 is 29.0 Å². The summed E-state index contributed by atoms with van der Waals surface area (Å²) in [5, 5.41) is 21.6. The fraction of sp³-hybridized carbons (Fsp3) is 0.194. The van der Waals surface area contributed by atoms with E-state index in [1.807, 2.05) is 30.5 Å². The van der Waals surface area contributed by atoms with Gasteiger partial charge in [0.25, 0.3) is 5.56 Å².